The minimum absolute atomic E-state index is 0.0996. The Morgan fingerprint density at radius 2 is 1.89 bits per heavy atom. The van der Waals surface area contributed by atoms with Crippen LogP contribution < -0.4 is 0 Å². The third kappa shape index (κ3) is 6.78. The van der Waals surface area contributed by atoms with Crippen LogP contribution in [-0.4, -0.2) is 93.6 Å². The fraction of sp³-hybridized carbons (Fsp3) is 0.440. The van der Waals surface area contributed by atoms with Gasteiger partial charge in [0.05, 0.1) is 13.2 Å². The molecule has 0 saturated carbocycles. The molecule has 36 heavy (non-hydrogen) atoms. The van der Waals surface area contributed by atoms with Crippen molar-refractivity contribution in [1.82, 2.24) is 0 Å². The normalized spacial score (nSPS) is 30.4. The molecular formula is C25H30O11. The molecule has 7 atom stereocenters. The number of carbonyl (C=O) groups is 2. The van der Waals surface area contributed by atoms with Crippen molar-refractivity contribution in [3.05, 3.63) is 59.7 Å². The fourth-order valence-electron chi connectivity index (χ4n) is 3.75. The number of carbonyl (C=O) groups excluding carboxylic acids is 2. The van der Waals surface area contributed by atoms with Gasteiger partial charge in [-0.1, -0.05) is 18.7 Å². The van der Waals surface area contributed by atoms with Crippen LogP contribution >= 0.6 is 0 Å². The first kappa shape index (κ1) is 27.5. The first-order valence-corrected chi connectivity index (χ1v) is 11.3. The summed E-state index contributed by atoms with van der Waals surface area (Å²) < 4.78 is 21.5. The number of aliphatic hydroxyl groups is 4. The van der Waals surface area contributed by atoms with Crippen molar-refractivity contribution in [3.63, 3.8) is 0 Å². The van der Waals surface area contributed by atoms with E-state index in [1.165, 1.54) is 30.4 Å². The molecule has 0 bridgehead atoms. The van der Waals surface area contributed by atoms with E-state index in [0.717, 1.165) is 0 Å². The maximum absolute atomic E-state index is 12.3. The average molecular weight is 507 g/mol. The number of aromatic hydroxyl groups is 1. The van der Waals surface area contributed by atoms with Gasteiger partial charge >= 0.3 is 11.9 Å². The van der Waals surface area contributed by atoms with Gasteiger partial charge in [-0.2, -0.15) is 0 Å². The van der Waals surface area contributed by atoms with E-state index >= 15 is 0 Å². The first-order chi connectivity index (χ1) is 17.1. The van der Waals surface area contributed by atoms with Gasteiger partial charge in [-0.15, -0.1) is 0 Å². The Hall–Kier alpha value is -3.06. The minimum atomic E-state index is -1.58. The van der Waals surface area contributed by atoms with Gasteiger partial charge in [0, 0.05) is 18.1 Å². The van der Waals surface area contributed by atoms with E-state index in [1.54, 1.807) is 19.1 Å². The van der Waals surface area contributed by atoms with E-state index in [1.807, 2.05) is 0 Å². The molecule has 1 aromatic carbocycles. The molecule has 2 aliphatic heterocycles. The van der Waals surface area contributed by atoms with Gasteiger partial charge < -0.3 is 44.5 Å². The molecule has 0 aromatic heterocycles. The molecule has 1 aromatic rings. The number of aliphatic hydroxyl groups excluding tert-OH is 4. The van der Waals surface area contributed by atoms with Gasteiger partial charge in [-0.3, -0.25) is 0 Å². The number of phenols is 1. The zero-order valence-electron chi connectivity index (χ0n) is 19.6. The van der Waals surface area contributed by atoms with Gasteiger partial charge in [0.15, 0.2) is 12.4 Å². The van der Waals surface area contributed by atoms with Crippen LogP contribution in [0.4, 0.5) is 0 Å². The van der Waals surface area contributed by atoms with Crippen molar-refractivity contribution in [2.75, 3.05) is 13.2 Å². The quantitative estimate of drug-likeness (QED) is 0.173. The predicted octanol–water partition coefficient (Wildman–Crippen LogP) is -0.0483. The maximum Gasteiger partial charge on any atom is 0.334 e. The zero-order valence-corrected chi connectivity index (χ0v) is 19.6. The maximum atomic E-state index is 12.3. The molecule has 11 heteroatoms. The largest absolute Gasteiger partial charge is 0.508 e. The molecule has 2 saturated heterocycles. The lowest BCUT2D eigenvalue weighted by molar-refractivity contribution is -0.298. The molecule has 0 aliphatic carbocycles. The fourth-order valence-corrected chi connectivity index (χ4v) is 3.75. The van der Waals surface area contributed by atoms with Crippen LogP contribution in [0.25, 0.3) is 6.08 Å². The molecule has 196 valence electrons. The highest BCUT2D eigenvalue weighted by Gasteiger charge is 2.44. The van der Waals surface area contributed by atoms with Crippen LogP contribution in [-0.2, 0) is 28.5 Å². The molecule has 0 spiro atoms. The van der Waals surface area contributed by atoms with Crippen molar-refractivity contribution in [2.45, 2.75) is 56.3 Å². The third-order valence-corrected chi connectivity index (χ3v) is 5.75. The number of esters is 2. The van der Waals surface area contributed by atoms with Crippen LogP contribution in [0.15, 0.2) is 54.1 Å². The van der Waals surface area contributed by atoms with Crippen LogP contribution in [0.1, 0.15) is 18.9 Å². The molecule has 3 unspecified atom stereocenters. The summed E-state index contributed by atoms with van der Waals surface area (Å²) in [6, 6.07) is 6.21. The van der Waals surface area contributed by atoms with E-state index in [9.17, 15) is 35.1 Å². The monoisotopic (exact) mass is 506 g/mol. The molecule has 2 aliphatic rings. The van der Waals surface area contributed by atoms with Crippen molar-refractivity contribution >= 4 is 18.0 Å². The van der Waals surface area contributed by atoms with Gasteiger partial charge in [-0.05, 0) is 42.3 Å². The lowest BCUT2D eigenvalue weighted by Crippen LogP contribution is -2.59. The lowest BCUT2D eigenvalue weighted by Gasteiger charge is -2.39. The molecule has 5 N–H and O–H groups in total. The summed E-state index contributed by atoms with van der Waals surface area (Å²) in [5, 5.41) is 48.2. The van der Waals surface area contributed by atoms with Crippen LogP contribution in [0.3, 0.4) is 0 Å². The number of rotatable bonds is 9. The number of hydrogen-bond donors (Lipinski definition) is 5. The highest BCUT2D eigenvalue weighted by Crippen LogP contribution is 2.28. The number of hydrogen-bond acceptors (Lipinski definition) is 11. The molecule has 3 rings (SSSR count). The van der Waals surface area contributed by atoms with E-state index < -0.39 is 61.5 Å². The Morgan fingerprint density at radius 3 is 2.53 bits per heavy atom. The summed E-state index contributed by atoms with van der Waals surface area (Å²) in [4.78, 5) is 24.7. The van der Waals surface area contributed by atoms with Crippen molar-refractivity contribution in [2.24, 2.45) is 0 Å². The molecule has 11 nitrogen and oxygen atoms in total. The molecule has 0 radical (unpaired) electrons. The second-order valence-corrected chi connectivity index (χ2v) is 8.54. The van der Waals surface area contributed by atoms with E-state index in [2.05, 4.69) is 6.58 Å². The Morgan fingerprint density at radius 1 is 1.19 bits per heavy atom. The van der Waals surface area contributed by atoms with E-state index in [4.69, 9.17) is 18.9 Å². The first-order valence-electron chi connectivity index (χ1n) is 11.3. The SMILES string of the molecule is C=C(C)[C@@H](OC(=O)/C=C/c1ccc(O)cc1)[C@@H]1C/C(=C/CO[C@@H]2OC(CO)[C@@H](O)C(O)C2O)C(=O)O1. The van der Waals surface area contributed by atoms with Crippen LogP contribution in [0, 0.1) is 0 Å². The highest BCUT2D eigenvalue weighted by molar-refractivity contribution is 5.91. The number of phenolic OH excluding ortho intramolecular Hbond substituents is 1. The summed E-state index contributed by atoms with van der Waals surface area (Å²) in [5.74, 6) is -1.21. The van der Waals surface area contributed by atoms with E-state index in [-0.39, 0.29) is 24.4 Å². The van der Waals surface area contributed by atoms with Gasteiger partial charge in [0.1, 0.15) is 36.3 Å². The summed E-state index contributed by atoms with van der Waals surface area (Å²) in [6.45, 7) is 4.66. The van der Waals surface area contributed by atoms with Crippen LogP contribution in [0.2, 0.25) is 0 Å². The van der Waals surface area contributed by atoms with E-state index in [0.29, 0.717) is 11.1 Å². The number of cyclic esters (lactones) is 1. The van der Waals surface area contributed by atoms with Crippen LogP contribution in [0.5, 0.6) is 5.75 Å². The third-order valence-electron chi connectivity index (χ3n) is 5.75. The smallest absolute Gasteiger partial charge is 0.334 e. The lowest BCUT2D eigenvalue weighted by atomic mass is 9.99. The number of benzene rings is 1. The topological polar surface area (TPSA) is 172 Å². The number of ether oxygens (including phenoxy) is 4. The molecule has 2 fully saturated rings. The summed E-state index contributed by atoms with van der Waals surface area (Å²) in [7, 11) is 0. The Kier molecular flexibility index (Phi) is 9.37. The Bertz CT molecular complexity index is 998. The zero-order chi connectivity index (χ0) is 26.4. The molecule has 0 amide bonds. The van der Waals surface area contributed by atoms with Gasteiger partial charge in [-0.25, -0.2) is 9.59 Å². The summed E-state index contributed by atoms with van der Waals surface area (Å²) >= 11 is 0. The minimum Gasteiger partial charge on any atom is -0.508 e. The highest BCUT2D eigenvalue weighted by atomic mass is 16.7. The second-order valence-electron chi connectivity index (χ2n) is 8.54. The van der Waals surface area contributed by atoms with Gasteiger partial charge in [0.25, 0.3) is 0 Å². The average Bonchev–Trinajstić information content (AvgIpc) is 3.21. The van der Waals surface area contributed by atoms with Gasteiger partial charge in [0.2, 0.25) is 0 Å². The van der Waals surface area contributed by atoms with Crippen molar-refractivity contribution in [3.8, 4) is 5.75 Å². The molecular weight excluding hydrogens is 476 g/mol. The van der Waals surface area contributed by atoms with Crippen molar-refractivity contribution < 1.29 is 54.1 Å². The Balaban J connectivity index is 1.57. The summed E-state index contributed by atoms with van der Waals surface area (Å²) in [6.07, 6.45) is -4.58. The molecule has 2 heterocycles. The Labute approximate surface area is 207 Å². The standard InChI is InChI=1S/C25H30O11/c1-13(2)23(36-19(28)8-5-14-3-6-16(27)7-4-14)17-11-15(24(32)34-17)9-10-33-25-22(31)21(30)20(29)18(12-26)35-25/h3-9,17-18,20-23,25-27,29-31H,1,10-12H2,2H3/b8-5+,15-9-/t17-,18?,20+,21?,22?,23+,25+/m0/s1. The second kappa shape index (κ2) is 12.3. The predicted molar refractivity (Wildman–Crippen MR) is 124 cm³/mol. The van der Waals surface area contributed by atoms with Crippen molar-refractivity contribution in [1.29, 1.82) is 0 Å². The summed E-state index contributed by atoms with van der Waals surface area (Å²) in [5.41, 5.74) is 1.39.